The molecule has 2 aromatic rings. The summed E-state index contributed by atoms with van der Waals surface area (Å²) in [5.41, 5.74) is 3.88. The molecule has 0 N–H and O–H groups in total. The number of hydrogen-bond donors (Lipinski definition) is 0. The minimum absolute atomic E-state index is 0.647. The smallest absolute Gasteiger partial charge is 0.216 e. The highest BCUT2D eigenvalue weighted by atomic mass is 16.5. The largest absolute Gasteiger partial charge is 0.618 e. The van der Waals surface area contributed by atoms with E-state index in [1.165, 1.54) is 5.69 Å². The van der Waals surface area contributed by atoms with Gasteiger partial charge in [0.15, 0.2) is 6.21 Å². The molecule has 0 aliphatic heterocycles. The SMILES string of the molecule is CCN(CC)c1ccc(C=[N+]([O-])c2ccc(C)cc2)cc1. The first-order chi connectivity index (χ1) is 10.1. The van der Waals surface area contributed by atoms with Crippen LogP contribution in [0.4, 0.5) is 11.4 Å². The van der Waals surface area contributed by atoms with E-state index < -0.39 is 0 Å². The van der Waals surface area contributed by atoms with Gasteiger partial charge in [-0.05, 0) is 45.0 Å². The summed E-state index contributed by atoms with van der Waals surface area (Å²) in [5.74, 6) is 0. The number of hydrogen-bond acceptors (Lipinski definition) is 2. The third-order valence-corrected chi connectivity index (χ3v) is 3.58. The fourth-order valence-electron chi connectivity index (χ4n) is 2.26. The van der Waals surface area contributed by atoms with Crippen LogP contribution in [-0.4, -0.2) is 24.0 Å². The van der Waals surface area contributed by atoms with Crippen LogP contribution in [0.5, 0.6) is 0 Å². The zero-order valence-corrected chi connectivity index (χ0v) is 12.9. The second-order valence-electron chi connectivity index (χ2n) is 5.05. The predicted molar refractivity (Wildman–Crippen MR) is 89.6 cm³/mol. The van der Waals surface area contributed by atoms with E-state index in [0.717, 1.165) is 29.0 Å². The Morgan fingerprint density at radius 1 is 0.952 bits per heavy atom. The molecular weight excluding hydrogens is 260 g/mol. The van der Waals surface area contributed by atoms with Gasteiger partial charge in [0.25, 0.3) is 0 Å². The molecule has 0 aliphatic rings. The molecule has 0 saturated heterocycles. The van der Waals surface area contributed by atoms with Crippen LogP contribution in [0, 0.1) is 12.1 Å². The zero-order chi connectivity index (χ0) is 15.2. The average Bonchev–Trinajstić information content (AvgIpc) is 2.51. The van der Waals surface area contributed by atoms with Crippen LogP contribution in [-0.2, 0) is 0 Å². The summed E-state index contributed by atoms with van der Waals surface area (Å²) in [4.78, 5) is 2.28. The van der Waals surface area contributed by atoms with E-state index in [-0.39, 0.29) is 0 Å². The van der Waals surface area contributed by atoms with E-state index in [1.807, 2.05) is 43.3 Å². The predicted octanol–water partition coefficient (Wildman–Crippen LogP) is 4.10. The molecule has 0 atom stereocenters. The van der Waals surface area contributed by atoms with Crippen molar-refractivity contribution in [1.29, 1.82) is 0 Å². The first-order valence-electron chi connectivity index (χ1n) is 7.37. The molecule has 0 saturated carbocycles. The standard InChI is InChI=1S/C18H22N2O/c1-4-19(5-2)17-12-8-16(9-13-17)14-20(21)18-10-6-15(3)7-11-18/h6-14H,4-5H2,1-3H3. The summed E-state index contributed by atoms with van der Waals surface area (Å²) in [6.07, 6.45) is 1.61. The number of rotatable bonds is 5. The molecule has 0 spiro atoms. The molecule has 2 aromatic carbocycles. The Morgan fingerprint density at radius 2 is 1.52 bits per heavy atom. The summed E-state index contributed by atoms with van der Waals surface area (Å²) >= 11 is 0. The summed E-state index contributed by atoms with van der Waals surface area (Å²) < 4.78 is 0.909. The Balaban J connectivity index is 2.18. The van der Waals surface area contributed by atoms with Crippen LogP contribution in [0.3, 0.4) is 0 Å². The molecule has 0 bridgehead atoms. The molecule has 0 amide bonds. The second-order valence-corrected chi connectivity index (χ2v) is 5.05. The molecule has 0 fully saturated rings. The van der Waals surface area contributed by atoms with Crippen molar-refractivity contribution in [2.75, 3.05) is 18.0 Å². The Labute approximate surface area is 126 Å². The molecule has 0 unspecified atom stereocenters. The monoisotopic (exact) mass is 282 g/mol. The molecule has 21 heavy (non-hydrogen) atoms. The molecule has 2 rings (SSSR count). The van der Waals surface area contributed by atoms with Gasteiger partial charge in [-0.3, -0.25) is 0 Å². The topological polar surface area (TPSA) is 29.3 Å². The third kappa shape index (κ3) is 3.85. The van der Waals surface area contributed by atoms with E-state index in [0.29, 0.717) is 5.69 Å². The molecular formula is C18H22N2O. The lowest BCUT2D eigenvalue weighted by Crippen LogP contribution is -2.21. The Morgan fingerprint density at radius 3 is 2.05 bits per heavy atom. The first-order valence-corrected chi connectivity index (χ1v) is 7.37. The number of anilines is 1. The second kappa shape index (κ2) is 6.93. The van der Waals surface area contributed by atoms with Gasteiger partial charge in [0.2, 0.25) is 5.69 Å². The number of aryl methyl sites for hydroxylation is 1. The first kappa shape index (κ1) is 15.1. The van der Waals surface area contributed by atoms with E-state index in [4.69, 9.17) is 0 Å². The van der Waals surface area contributed by atoms with Crippen molar-refractivity contribution < 1.29 is 4.74 Å². The highest BCUT2D eigenvalue weighted by molar-refractivity contribution is 5.77. The minimum atomic E-state index is 0.647. The van der Waals surface area contributed by atoms with E-state index in [2.05, 4.69) is 30.9 Å². The average molecular weight is 282 g/mol. The Hall–Kier alpha value is -2.29. The fourth-order valence-corrected chi connectivity index (χ4v) is 2.26. The maximum absolute atomic E-state index is 12.1. The summed E-state index contributed by atoms with van der Waals surface area (Å²) in [7, 11) is 0. The number of benzene rings is 2. The highest BCUT2D eigenvalue weighted by Crippen LogP contribution is 2.15. The summed E-state index contributed by atoms with van der Waals surface area (Å²) in [6, 6.07) is 15.6. The fraction of sp³-hybridized carbons (Fsp3) is 0.278. The van der Waals surface area contributed by atoms with E-state index in [1.54, 1.807) is 6.21 Å². The maximum atomic E-state index is 12.1. The van der Waals surface area contributed by atoms with Crippen LogP contribution < -0.4 is 4.90 Å². The lowest BCUT2D eigenvalue weighted by Gasteiger charge is -2.20. The van der Waals surface area contributed by atoms with Crippen LogP contribution >= 0.6 is 0 Å². The van der Waals surface area contributed by atoms with Gasteiger partial charge in [0.05, 0.1) is 0 Å². The molecule has 110 valence electrons. The normalized spacial score (nSPS) is 11.5. The van der Waals surface area contributed by atoms with Crippen molar-refractivity contribution in [1.82, 2.24) is 0 Å². The Bertz CT molecular complexity index is 596. The van der Waals surface area contributed by atoms with E-state index >= 15 is 0 Å². The van der Waals surface area contributed by atoms with E-state index in [9.17, 15) is 5.21 Å². The van der Waals surface area contributed by atoms with Crippen molar-refractivity contribution in [2.24, 2.45) is 0 Å². The quantitative estimate of drug-likeness (QED) is 0.357. The van der Waals surface area contributed by atoms with Crippen LogP contribution in [0.15, 0.2) is 48.5 Å². The molecule has 0 radical (unpaired) electrons. The van der Waals surface area contributed by atoms with Crippen molar-refractivity contribution in [3.63, 3.8) is 0 Å². The lowest BCUT2D eigenvalue weighted by atomic mass is 10.2. The molecule has 3 nitrogen and oxygen atoms in total. The Kier molecular flexibility index (Phi) is 4.99. The van der Waals surface area contributed by atoms with Crippen molar-refractivity contribution in [3.8, 4) is 0 Å². The minimum Gasteiger partial charge on any atom is -0.618 e. The molecule has 0 aliphatic carbocycles. The maximum Gasteiger partial charge on any atom is 0.216 e. The number of nitrogens with zero attached hydrogens (tertiary/aromatic N) is 2. The van der Waals surface area contributed by atoms with Gasteiger partial charge in [-0.2, -0.15) is 4.74 Å². The van der Waals surface area contributed by atoms with Gasteiger partial charge in [-0.15, -0.1) is 0 Å². The van der Waals surface area contributed by atoms with Gasteiger partial charge in [-0.1, -0.05) is 17.7 Å². The van der Waals surface area contributed by atoms with Gasteiger partial charge in [0.1, 0.15) is 0 Å². The van der Waals surface area contributed by atoms with Gasteiger partial charge < -0.3 is 10.1 Å². The van der Waals surface area contributed by atoms with Gasteiger partial charge >= 0.3 is 0 Å². The van der Waals surface area contributed by atoms with Crippen LogP contribution in [0.1, 0.15) is 25.0 Å². The third-order valence-electron chi connectivity index (χ3n) is 3.58. The summed E-state index contributed by atoms with van der Waals surface area (Å²) in [5, 5.41) is 12.1. The molecule has 0 heterocycles. The van der Waals surface area contributed by atoms with Gasteiger partial charge in [-0.25, -0.2) is 0 Å². The lowest BCUT2D eigenvalue weighted by molar-refractivity contribution is -0.354. The van der Waals surface area contributed by atoms with Crippen LogP contribution in [0.2, 0.25) is 0 Å². The molecule has 0 aromatic heterocycles. The van der Waals surface area contributed by atoms with Crippen molar-refractivity contribution in [3.05, 3.63) is 64.9 Å². The van der Waals surface area contributed by atoms with Crippen LogP contribution in [0.25, 0.3) is 0 Å². The van der Waals surface area contributed by atoms with Crippen molar-refractivity contribution in [2.45, 2.75) is 20.8 Å². The summed E-state index contributed by atoms with van der Waals surface area (Å²) in [6.45, 7) is 8.25. The van der Waals surface area contributed by atoms with Crippen molar-refractivity contribution >= 4 is 17.6 Å². The highest BCUT2D eigenvalue weighted by Gasteiger charge is 2.04. The molecule has 3 heteroatoms. The zero-order valence-electron chi connectivity index (χ0n) is 12.9. The van der Waals surface area contributed by atoms with Gasteiger partial charge in [0, 0.05) is 36.5 Å².